The lowest BCUT2D eigenvalue weighted by Crippen LogP contribution is -2.47. The number of benzene rings is 1. The molecule has 1 saturated heterocycles. The van der Waals surface area contributed by atoms with Gasteiger partial charge in [-0.25, -0.2) is 19.6 Å². The van der Waals surface area contributed by atoms with Gasteiger partial charge in [-0.3, -0.25) is 4.79 Å². The molecule has 26 heavy (non-hydrogen) atoms. The number of amides is 3. The summed E-state index contributed by atoms with van der Waals surface area (Å²) in [5.41, 5.74) is 0.824. The van der Waals surface area contributed by atoms with Gasteiger partial charge in [0.05, 0.1) is 25.2 Å². The first kappa shape index (κ1) is 19.7. The fourth-order valence-corrected chi connectivity index (χ4v) is 2.64. The van der Waals surface area contributed by atoms with Crippen LogP contribution < -0.4 is 5.32 Å². The number of hydrogen-bond acceptors (Lipinski definition) is 5. The maximum Gasteiger partial charge on any atom is 0.340 e. The summed E-state index contributed by atoms with van der Waals surface area (Å²) in [6.45, 7) is 5.72. The smallest absolute Gasteiger partial charge is 0.340 e. The molecule has 8 nitrogen and oxygen atoms in total. The lowest BCUT2D eigenvalue weighted by Gasteiger charge is -2.28. The summed E-state index contributed by atoms with van der Waals surface area (Å²) in [5, 5.41) is 5.57. The van der Waals surface area contributed by atoms with Crippen molar-refractivity contribution in [1.82, 2.24) is 10.0 Å². The van der Waals surface area contributed by atoms with E-state index in [0.29, 0.717) is 37.6 Å². The van der Waals surface area contributed by atoms with Gasteiger partial charge in [-0.1, -0.05) is 6.07 Å². The number of carbonyl (C=O) groups excluding carboxylic acids is 3. The van der Waals surface area contributed by atoms with Crippen LogP contribution in [0.1, 0.15) is 37.0 Å². The molecule has 1 aromatic rings. The van der Waals surface area contributed by atoms with Crippen LogP contribution >= 0.6 is 0 Å². The normalized spacial score (nSPS) is 13.6. The fourth-order valence-electron chi connectivity index (χ4n) is 2.64. The molecule has 2 rings (SSSR count). The van der Waals surface area contributed by atoms with Crippen LogP contribution in [0.4, 0.5) is 10.5 Å². The highest BCUT2D eigenvalue weighted by Crippen LogP contribution is 2.17. The van der Waals surface area contributed by atoms with E-state index in [-0.39, 0.29) is 18.9 Å². The molecule has 1 aliphatic heterocycles. The first-order valence-corrected chi connectivity index (χ1v) is 8.80. The van der Waals surface area contributed by atoms with Crippen molar-refractivity contribution in [3.63, 3.8) is 0 Å². The first-order chi connectivity index (χ1) is 12.6. The molecule has 1 heterocycles. The van der Waals surface area contributed by atoms with Crippen molar-refractivity contribution >= 4 is 23.6 Å². The Hall–Kier alpha value is -2.61. The molecule has 0 saturated carbocycles. The summed E-state index contributed by atoms with van der Waals surface area (Å²) in [6.07, 6.45) is 0.951. The molecule has 1 aliphatic rings. The van der Waals surface area contributed by atoms with Gasteiger partial charge in [-0.05, 0) is 38.5 Å². The van der Waals surface area contributed by atoms with Gasteiger partial charge in [-0.15, -0.1) is 0 Å². The van der Waals surface area contributed by atoms with Gasteiger partial charge in [-0.2, -0.15) is 0 Å². The van der Waals surface area contributed by atoms with E-state index in [2.05, 4.69) is 5.32 Å². The summed E-state index contributed by atoms with van der Waals surface area (Å²) in [7, 11) is 0. The molecule has 1 aromatic carbocycles. The second-order valence-electron chi connectivity index (χ2n) is 5.67. The molecule has 0 aromatic heterocycles. The second kappa shape index (κ2) is 9.76. The largest absolute Gasteiger partial charge is 0.462 e. The summed E-state index contributed by atoms with van der Waals surface area (Å²) < 4.78 is 10.2. The van der Waals surface area contributed by atoms with Crippen LogP contribution in [0.3, 0.4) is 0 Å². The van der Waals surface area contributed by atoms with E-state index in [1.165, 1.54) is 10.0 Å². The highest BCUT2D eigenvalue weighted by molar-refractivity contribution is 5.94. The number of ether oxygens (including phenoxy) is 2. The van der Waals surface area contributed by atoms with Gasteiger partial charge < -0.3 is 14.8 Å². The Kier molecular flexibility index (Phi) is 7.40. The van der Waals surface area contributed by atoms with E-state index in [1.54, 1.807) is 31.2 Å². The monoisotopic (exact) mass is 363 g/mol. The zero-order valence-electron chi connectivity index (χ0n) is 15.2. The van der Waals surface area contributed by atoms with Crippen LogP contribution in [-0.2, 0) is 14.3 Å². The number of carbonyl (C=O) groups is 3. The van der Waals surface area contributed by atoms with Crippen LogP contribution in [0.5, 0.6) is 0 Å². The fraction of sp³-hybridized carbons (Fsp3) is 0.500. The highest BCUT2D eigenvalue weighted by atomic mass is 16.5. The minimum Gasteiger partial charge on any atom is -0.462 e. The van der Waals surface area contributed by atoms with Gasteiger partial charge in [0, 0.05) is 25.4 Å². The second-order valence-corrected chi connectivity index (χ2v) is 5.67. The molecule has 0 spiro atoms. The Balaban J connectivity index is 1.99. The summed E-state index contributed by atoms with van der Waals surface area (Å²) in [6, 6.07) is 6.10. The Bertz CT molecular complexity index is 649. The number of nitrogens with one attached hydrogen (secondary N) is 1. The van der Waals surface area contributed by atoms with Crippen molar-refractivity contribution in [3.05, 3.63) is 29.8 Å². The van der Waals surface area contributed by atoms with Gasteiger partial charge in [0.2, 0.25) is 5.91 Å². The average molecular weight is 363 g/mol. The van der Waals surface area contributed by atoms with E-state index >= 15 is 0 Å². The molecule has 8 heteroatoms. The third-order valence-electron chi connectivity index (χ3n) is 3.84. The highest BCUT2D eigenvalue weighted by Gasteiger charge is 2.30. The Morgan fingerprint density at radius 2 is 1.88 bits per heavy atom. The Labute approximate surface area is 153 Å². The molecule has 142 valence electrons. The molecule has 1 N–H and O–H groups in total. The molecule has 0 bridgehead atoms. The predicted octanol–water partition coefficient (Wildman–Crippen LogP) is 2.27. The van der Waals surface area contributed by atoms with Crippen LogP contribution in [0.15, 0.2) is 24.3 Å². The van der Waals surface area contributed by atoms with Gasteiger partial charge in [0.15, 0.2) is 0 Å². The summed E-state index contributed by atoms with van der Waals surface area (Å²) in [5.74, 6) is -0.594. The van der Waals surface area contributed by atoms with Crippen molar-refractivity contribution < 1.29 is 23.9 Å². The predicted molar refractivity (Wildman–Crippen MR) is 95.6 cm³/mol. The SMILES string of the molecule is CCOCCC(=O)N1CCCN1C(=O)Nc1cccc(C(=O)OCC)c1. The van der Waals surface area contributed by atoms with E-state index in [0.717, 1.165) is 6.42 Å². The van der Waals surface area contributed by atoms with Crippen LogP contribution in [0, 0.1) is 0 Å². The number of hydrazine groups is 1. The summed E-state index contributed by atoms with van der Waals surface area (Å²) in [4.78, 5) is 36.6. The number of nitrogens with zero attached hydrogens (tertiary/aromatic N) is 2. The van der Waals surface area contributed by atoms with Crippen molar-refractivity contribution in [3.8, 4) is 0 Å². The Morgan fingerprint density at radius 3 is 2.62 bits per heavy atom. The molecule has 3 amide bonds. The number of urea groups is 1. The van der Waals surface area contributed by atoms with Crippen LogP contribution in [0.2, 0.25) is 0 Å². The average Bonchev–Trinajstić information content (AvgIpc) is 3.12. The molecule has 0 atom stereocenters. The number of anilines is 1. The van der Waals surface area contributed by atoms with Crippen molar-refractivity contribution in [2.45, 2.75) is 26.7 Å². The number of rotatable bonds is 7. The standard InChI is InChI=1S/C18H25N3O5/c1-3-25-12-9-16(22)20-10-6-11-21(20)18(24)19-15-8-5-7-14(13-15)17(23)26-4-2/h5,7-8,13H,3-4,6,9-12H2,1-2H3,(H,19,24). The Morgan fingerprint density at radius 1 is 1.12 bits per heavy atom. The van der Waals surface area contributed by atoms with Gasteiger partial charge in [0.25, 0.3) is 0 Å². The topological polar surface area (TPSA) is 88.2 Å². The summed E-state index contributed by atoms with van der Waals surface area (Å²) >= 11 is 0. The molecule has 0 radical (unpaired) electrons. The van der Waals surface area contributed by atoms with Crippen molar-refractivity contribution in [1.29, 1.82) is 0 Å². The van der Waals surface area contributed by atoms with Gasteiger partial charge in [0.1, 0.15) is 0 Å². The zero-order valence-corrected chi connectivity index (χ0v) is 15.2. The minimum atomic E-state index is -0.447. The molecule has 1 fully saturated rings. The van der Waals surface area contributed by atoms with Gasteiger partial charge >= 0.3 is 12.0 Å². The number of esters is 1. The molecular weight excluding hydrogens is 338 g/mol. The van der Waals surface area contributed by atoms with Crippen molar-refractivity contribution in [2.75, 3.05) is 38.2 Å². The maximum atomic E-state index is 12.5. The van der Waals surface area contributed by atoms with Crippen molar-refractivity contribution in [2.24, 2.45) is 0 Å². The van der Waals surface area contributed by atoms with E-state index in [9.17, 15) is 14.4 Å². The lowest BCUT2D eigenvalue weighted by atomic mass is 10.2. The third kappa shape index (κ3) is 5.19. The third-order valence-corrected chi connectivity index (χ3v) is 3.84. The molecular formula is C18H25N3O5. The van der Waals surface area contributed by atoms with E-state index in [4.69, 9.17) is 9.47 Å². The number of hydrogen-bond donors (Lipinski definition) is 1. The lowest BCUT2D eigenvalue weighted by molar-refractivity contribution is -0.140. The maximum absolute atomic E-state index is 12.5. The quantitative estimate of drug-likeness (QED) is 0.593. The van der Waals surface area contributed by atoms with Crippen LogP contribution in [0.25, 0.3) is 0 Å². The first-order valence-electron chi connectivity index (χ1n) is 8.80. The van der Waals surface area contributed by atoms with Crippen LogP contribution in [-0.4, -0.2) is 60.8 Å². The van der Waals surface area contributed by atoms with E-state index in [1.807, 2.05) is 6.92 Å². The molecule has 0 unspecified atom stereocenters. The minimum absolute atomic E-state index is 0.147. The zero-order chi connectivity index (χ0) is 18.9. The molecule has 0 aliphatic carbocycles. The van der Waals surface area contributed by atoms with E-state index < -0.39 is 12.0 Å².